The SMILES string of the molecule is CCCCC#C[SiH2]CCCCCC. The Kier molecular flexibility index (Phi) is 11.6. The Morgan fingerprint density at radius 3 is 2.38 bits per heavy atom. The monoisotopic (exact) mass is 196 g/mol. The molecule has 0 nitrogen and oxygen atoms in total. The second-order valence-electron chi connectivity index (χ2n) is 3.62. The van der Waals surface area contributed by atoms with E-state index in [0.29, 0.717) is 0 Å². The van der Waals surface area contributed by atoms with Gasteiger partial charge in [0.2, 0.25) is 0 Å². The lowest BCUT2D eigenvalue weighted by Gasteiger charge is -1.93. The van der Waals surface area contributed by atoms with Gasteiger partial charge >= 0.3 is 0 Å². The Morgan fingerprint density at radius 2 is 1.69 bits per heavy atom. The predicted octanol–water partition coefficient (Wildman–Crippen LogP) is 3.30. The van der Waals surface area contributed by atoms with Crippen LogP contribution in [0.2, 0.25) is 6.04 Å². The third-order valence-corrected chi connectivity index (χ3v) is 3.54. The lowest BCUT2D eigenvalue weighted by atomic mass is 10.2. The van der Waals surface area contributed by atoms with Crippen molar-refractivity contribution in [1.29, 1.82) is 0 Å². The first-order valence-corrected chi connectivity index (χ1v) is 7.58. The topological polar surface area (TPSA) is 0 Å². The van der Waals surface area contributed by atoms with E-state index in [1.165, 1.54) is 44.6 Å². The molecule has 0 saturated heterocycles. The van der Waals surface area contributed by atoms with E-state index in [4.69, 9.17) is 0 Å². The fraction of sp³-hybridized carbons (Fsp3) is 0.833. The largest absolute Gasteiger partial charge is 0.140 e. The maximum atomic E-state index is 3.39. The van der Waals surface area contributed by atoms with Gasteiger partial charge in [-0.3, -0.25) is 0 Å². The molecule has 13 heavy (non-hydrogen) atoms. The van der Waals surface area contributed by atoms with Crippen LogP contribution in [0.3, 0.4) is 0 Å². The quantitative estimate of drug-likeness (QED) is 0.333. The van der Waals surface area contributed by atoms with Gasteiger partial charge in [-0.1, -0.05) is 52.0 Å². The Labute approximate surface area is 86.3 Å². The molecular weight excluding hydrogens is 172 g/mol. The molecule has 0 spiro atoms. The molecule has 0 aliphatic carbocycles. The molecule has 0 saturated carbocycles. The second kappa shape index (κ2) is 11.8. The summed E-state index contributed by atoms with van der Waals surface area (Å²) < 4.78 is 0. The second-order valence-corrected chi connectivity index (χ2v) is 5.18. The van der Waals surface area contributed by atoms with Crippen molar-refractivity contribution in [3.8, 4) is 11.5 Å². The average Bonchev–Trinajstić information content (AvgIpc) is 2.16. The minimum Gasteiger partial charge on any atom is -0.140 e. The molecule has 0 unspecified atom stereocenters. The molecule has 0 aliphatic rings. The van der Waals surface area contributed by atoms with Crippen molar-refractivity contribution in [3.05, 3.63) is 0 Å². The maximum Gasteiger partial charge on any atom is 0.107 e. The summed E-state index contributed by atoms with van der Waals surface area (Å²) in [7, 11) is -0.00574. The molecule has 0 fully saturated rings. The highest BCUT2D eigenvalue weighted by atomic mass is 28.2. The van der Waals surface area contributed by atoms with Gasteiger partial charge in [-0.15, -0.1) is 11.5 Å². The number of hydrogen-bond acceptors (Lipinski definition) is 0. The minimum atomic E-state index is -0.00574. The van der Waals surface area contributed by atoms with E-state index < -0.39 is 0 Å². The van der Waals surface area contributed by atoms with Crippen LogP contribution in [-0.4, -0.2) is 9.52 Å². The Hall–Kier alpha value is -0.223. The number of rotatable bonds is 7. The highest BCUT2D eigenvalue weighted by molar-refractivity contribution is 6.45. The highest BCUT2D eigenvalue weighted by Gasteiger charge is 1.86. The van der Waals surface area contributed by atoms with Gasteiger partial charge in [0.25, 0.3) is 0 Å². The molecule has 0 radical (unpaired) electrons. The van der Waals surface area contributed by atoms with Crippen LogP contribution in [0.4, 0.5) is 0 Å². The normalized spacial score (nSPS) is 10.3. The molecule has 0 aromatic heterocycles. The van der Waals surface area contributed by atoms with E-state index in [-0.39, 0.29) is 9.52 Å². The Bertz CT molecular complexity index is 141. The third-order valence-electron chi connectivity index (χ3n) is 2.19. The molecule has 0 N–H and O–H groups in total. The van der Waals surface area contributed by atoms with E-state index in [0.717, 1.165) is 6.42 Å². The lowest BCUT2D eigenvalue weighted by molar-refractivity contribution is 0.701. The van der Waals surface area contributed by atoms with Crippen molar-refractivity contribution in [3.63, 3.8) is 0 Å². The van der Waals surface area contributed by atoms with Crippen LogP contribution in [0.1, 0.15) is 58.8 Å². The summed E-state index contributed by atoms with van der Waals surface area (Å²) >= 11 is 0. The van der Waals surface area contributed by atoms with Gasteiger partial charge in [-0.2, -0.15) is 0 Å². The third kappa shape index (κ3) is 11.8. The van der Waals surface area contributed by atoms with Gasteiger partial charge in [0, 0.05) is 6.42 Å². The molecule has 76 valence electrons. The summed E-state index contributed by atoms with van der Waals surface area (Å²) in [6.07, 6.45) is 9.34. The van der Waals surface area contributed by atoms with Gasteiger partial charge in [-0.25, -0.2) is 0 Å². The molecule has 0 aromatic rings. The standard InChI is InChI=1S/C12H24Si/c1-3-5-7-9-11-13-12-10-8-6-4-2/h3-9,11,13H2,1-2H3. The molecule has 0 heterocycles. The van der Waals surface area contributed by atoms with Crippen LogP contribution in [0.25, 0.3) is 0 Å². The first-order valence-electron chi connectivity index (χ1n) is 5.87. The Balaban J connectivity index is 2.99. The van der Waals surface area contributed by atoms with Crippen molar-refractivity contribution in [2.24, 2.45) is 0 Å². The molecule has 0 aromatic carbocycles. The lowest BCUT2D eigenvalue weighted by Crippen LogP contribution is -1.85. The summed E-state index contributed by atoms with van der Waals surface area (Å²) in [5, 5.41) is 0. The number of hydrogen-bond donors (Lipinski definition) is 0. The van der Waals surface area contributed by atoms with Crippen molar-refractivity contribution < 1.29 is 0 Å². The van der Waals surface area contributed by atoms with E-state index >= 15 is 0 Å². The van der Waals surface area contributed by atoms with Gasteiger partial charge in [0.15, 0.2) is 0 Å². The first kappa shape index (κ1) is 12.8. The van der Waals surface area contributed by atoms with Gasteiger partial charge in [0.1, 0.15) is 9.52 Å². The van der Waals surface area contributed by atoms with E-state index in [1.54, 1.807) is 0 Å². The van der Waals surface area contributed by atoms with Crippen LogP contribution in [-0.2, 0) is 0 Å². The molecule has 0 aliphatic heterocycles. The van der Waals surface area contributed by atoms with Crippen molar-refractivity contribution in [2.45, 2.75) is 64.8 Å². The van der Waals surface area contributed by atoms with Crippen molar-refractivity contribution in [2.75, 3.05) is 0 Å². The molecule has 1 heteroatoms. The zero-order valence-electron chi connectivity index (χ0n) is 9.36. The summed E-state index contributed by atoms with van der Waals surface area (Å²) in [5.41, 5.74) is 3.39. The van der Waals surface area contributed by atoms with Crippen LogP contribution < -0.4 is 0 Å². The molecule has 0 amide bonds. The Morgan fingerprint density at radius 1 is 0.923 bits per heavy atom. The summed E-state index contributed by atoms with van der Waals surface area (Å²) in [4.78, 5) is 0. The molecular formula is C12H24Si. The first-order chi connectivity index (χ1) is 6.41. The highest BCUT2D eigenvalue weighted by Crippen LogP contribution is 2.01. The van der Waals surface area contributed by atoms with Crippen molar-refractivity contribution >= 4 is 9.52 Å². The fourth-order valence-corrected chi connectivity index (χ4v) is 2.39. The van der Waals surface area contributed by atoms with Crippen molar-refractivity contribution in [1.82, 2.24) is 0 Å². The summed E-state index contributed by atoms with van der Waals surface area (Å²) in [6.45, 7) is 4.49. The van der Waals surface area contributed by atoms with E-state index in [1.807, 2.05) is 0 Å². The van der Waals surface area contributed by atoms with Crippen LogP contribution in [0.15, 0.2) is 0 Å². The smallest absolute Gasteiger partial charge is 0.107 e. The van der Waals surface area contributed by atoms with E-state index in [2.05, 4.69) is 25.3 Å². The van der Waals surface area contributed by atoms with Gasteiger partial charge in [0.05, 0.1) is 0 Å². The molecule has 0 bridgehead atoms. The van der Waals surface area contributed by atoms with Gasteiger partial charge < -0.3 is 0 Å². The van der Waals surface area contributed by atoms with Gasteiger partial charge in [-0.05, 0) is 6.42 Å². The summed E-state index contributed by atoms with van der Waals surface area (Å²) in [5.74, 6) is 3.29. The number of unbranched alkanes of at least 4 members (excludes halogenated alkanes) is 5. The predicted molar refractivity (Wildman–Crippen MR) is 64.8 cm³/mol. The minimum absolute atomic E-state index is 0.00574. The summed E-state index contributed by atoms with van der Waals surface area (Å²) in [6, 6.07) is 1.44. The van der Waals surface area contributed by atoms with Crippen LogP contribution >= 0.6 is 0 Å². The van der Waals surface area contributed by atoms with Crippen LogP contribution in [0.5, 0.6) is 0 Å². The average molecular weight is 196 g/mol. The van der Waals surface area contributed by atoms with E-state index in [9.17, 15) is 0 Å². The molecule has 0 rings (SSSR count). The van der Waals surface area contributed by atoms with Crippen LogP contribution in [0, 0.1) is 11.5 Å². The molecule has 0 atom stereocenters. The zero-order chi connectivity index (χ0) is 9.78. The maximum absolute atomic E-state index is 3.39. The zero-order valence-corrected chi connectivity index (χ0v) is 10.8. The fourth-order valence-electron chi connectivity index (χ4n) is 1.26.